The SMILES string of the molecule is CC(CCNCCc1ccc2c(c1)CCO2)S(C)=O. The molecule has 0 saturated carbocycles. The molecule has 0 fully saturated rings. The third-order valence-corrected chi connectivity index (χ3v) is 5.01. The Hall–Kier alpha value is -0.870. The van der Waals surface area contributed by atoms with E-state index in [1.807, 2.05) is 6.92 Å². The summed E-state index contributed by atoms with van der Waals surface area (Å²) in [4.78, 5) is 0. The fourth-order valence-corrected chi connectivity index (χ4v) is 2.67. The van der Waals surface area contributed by atoms with Gasteiger partial charge in [-0.3, -0.25) is 4.21 Å². The summed E-state index contributed by atoms with van der Waals surface area (Å²) in [6, 6.07) is 6.49. The summed E-state index contributed by atoms with van der Waals surface area (Å²) in [7, 11) is -0.706. The van der Waals surface area contributed by atoms with Crippen LogP contribution in [0.5, 0.6) is 5.75 Å². The summed E-state index contributed by atoms with van der Waals surface area (Å²) in [5.41, 5.74) is 2.70. The molecule has 4 heteroatoms. The molecule has 0 aromatic heterocycles. The normalized spacial score (nSPS) is 16.7. The third-order valence-electron chi connectivity index (χ3n) is 3.64. The van der Waals surface area contributed by atoms with Crippen LogP contribution in [0.15, 0.2) is 18.2 Å². The number of hydrogen-bond acceptors (Lipinski definition) is 3. The number of hydrogen-bond donors (Lipinski definition) is 1. The maximum Gasteiger partial charge on any atom is 0.122 e. The summed E-state index contributed by atoms with van der Waals surface area (Å²) >= 11 is 0. The molecule has 0 amide bonds. The summed E-state index contributed by atoms with van der Waals surface area (Å²) in [5.74, 6) is 1.05. The number of benzene rings is 1. The van der Waals surface area contributed by atoms with Crippen LogP contribution in [0.2, 0.25) is 0 Å². The second kappa shape index (κ2) is 7.06. The first kappa shape index (κ1) is 14.5. The van der Waals surface area contributed by atoms with Crippen molar-refractivity contribution in [1.29, 1.82) is 0 Å². The lowest BCUT2D eigenvalue weighted by atomic mass is 10.1. The Morgan fingerprint density at radius 2 is 2.26 bits per heavy atom. The van der Waals surface area contributed by atoms with Gasteiger partial charge in [-0.05, 0) is 43.1 Å². The number of nitrogens with one attached hydrogen (secondary N) is 1. The van der Waals surface area contributed by atoms with Gasteiger partial charge >= 0.3 is 0 Å². The van der Waals surface area contributed by atoms with Crippen LogP contribution in [0.1, 0.15) is 24.5 Å². The first-order chi connectivity index (χ1) is 9.16. The molecule has 3 nitrogen and oxygen atoms in total. The maximum atomic E-state index is 11.2. The van der Waals surface area contributed by atoms with Gasteiger partial charge in [0.25, 0.3) is 0 Å². The van der Waals surface area contributed by atoms with Gasteiger partial charge in [-0.25, -0.2) is 0 Å². The number of fused-ring (bicyclic) bond motifs is 1. The third kappa shape index (κ3) is 4.32. The van der Waals surface area contributed by atoms with Crippen molar-refractivity contribution >= 4 is 10.8 Å². The van der Waals surface area contributed by atoms with E-state index in [1.54, 1.807) is 6.26 Å². The number of ether oxygens (including phenoxy) is 1. The zero-order chi connectivity index (χ0) is 13.7. The van der Waals surface area contributed by atoms with E-state index in [2.05, 4.69) is 23.5 Å². The van der Waals surface area contributed by atoms with E-state index < -0.39 is 10.8 Å². The molecule has 106 valence electrons. The van der Waals surface area contributed by atoms with Crippen LogP contribution in [0.25, 0.3) is 0 Å². The second-order valence-corrected chi connectivity index (χ2v) is 6.94. The average Bonchev–Trinajstić information content (AvgIpc) is 2.85. The average molecular weight is 281 g/mol. The molecule has 19 heavy (non-hydrogen) atoms. The summed E-state index contributed by atoms with van der Waals surface area (Å²) < 4.78 is 16.7. The molecule has 1 N–H and O–H groups in total. The van der Waals surface area contributed by atoms with Crippen molar-refractivity contribution in [3.8, 4) is 5.75 Å². The highest BCUT2D eigenvalue weighted by molar-refractivity contribution is 7.84. The van der Waals surface area contributed by atoms with Crippen LogP contribution in [-0.4, -0.2) is 35.4 Å². The fourth-order valence-electron chi connectivity index (χ4n) is 2.22. The molecule has 2 rings (SSSR count). The van der Waals surface area contributed by atoms with Gasteiger partial charge in [-0.1, -0.05) is 19.1 Å². The van der Waals surface area contributed by atoms with E-state index in [9.17, 15) is 4.21 Å². The van der Waals surface area contributed by atoms with Gasteiger partial charge in [0.2, 0.25) is 0 Å². The smallest absolute Gasteiger partial charge is 0.122 e. The molecular weight excluding hydrogens is 258 g/mol. The molecule has 1 aromatic carbocycles. The molecule has 0 radical (unpaired) electrons. The predicted molar refractivity (Wildman–Crippen MR) is 80.4 cm³/mol. The zero-order valence-corrected chi connectivity index (χ0v) is 12.6. The van der Waals surface area contributed by atoms with Crippen LogP contribution in [0.4, 0.5) is 0 Å². The van der Waals surface area contributed by atoms with E-state index in [1.165, 1.54) is 11.1 Å². The minimum Gasteiger partial charge on any atom is -0.493 e. The van der Waals surface area contributed by atoms with Crippen LogP contribution in [0, 0.1) is 0 Å². The summed E-state index contributed by atoms with van der Waals surface area (Å²) in [6.45, 7) is 4.78. The van der Waals surface area contributed by atoms with E-state index in [0.717, 1.165) is 44.7 Å². The topological polar surface area (TPSA) is 38.3 Å². The van der Waals surface area contributed by atoms with Crippen LogP contribution in [0.3, 0.4) is 0 Å². The van der Waals surface area contributed by atoms with E-state index in [0.29, 0.717) is 0 Å². The van der Waals surface area contributed by atoms with Gasteiger partial charge in [-0.2, -0.15) is 0 Å². The maximum absolute atomic E-state index is 11.2. The van der Waals surface area contributed by atoms with Crippen LogP contribution < -0.4 is 10.1 Å². The van der Waals surface area contributed by atoms with Crippen molar-refractivity contribution in [2.45, 2.75) is 31.4 Å². The van der Waals surface area contributed by atoms with Crippen molar-refractivity contribution in [2.75, 3.05) is 26.0 Å². The molecule has 1 aliphatic rings. The quantitative estimate of drug-likeness (QED) is 0.776. The molecule has 0 spiro atoms. The second-order valence-electron chi connectivity index (χ2n) is 5.14. The molecule has 2 unspecified atom stereocenters. The Bertz CT molecular complexity index is 448. The van der Waals surface area contributed by atoms with Gasteiger partial charge in [0.05, 0.1) is 6.61 Å². The molecule has 0 saturated heterocycles. The highest BCUT2D eigenvalue weighted by Gasteiger charge is 2.11. The molecule has 1 aromatic rings. The monoisotopic (exact) mass is 281 g/mol. The van der Waals surface area contributed by atoms with E-state index in [4.69, 9.17) is 4.74 Å². The molecule has 1 heterocycles. The Kier molecular flexibility index (Phi) is 5.40. The van der Waals surface area contributed by atoms with E-state index in [-0.39, 0.29) is 5.25 Å². The predicted octanol–water partition coefficient (Wildman–Crippen LogP) is 1.91. The molecule has 2 atom stereocenters. The minimum absolute atomic E-state index is 0.282. The van der Waals surface area contributed by atoms with Crippen molar-refractivity contribution in [3.05, 3.63) is 29.3 Å². The lowest BCUT2D eigenvalue weighted by Gasteiger charge is -2.09. The van der Waals surface area contributed by atoms with Gasteiger partial charge < -0.3 is 10.1 Å². The first-order valence-electron chi connectivity index (χ1n) is 6.94. The summed E-state index contributed by atoms with van der Waals surface area (Å²) in [6.07, 6.45) is 4.83. The minimum atomic E-state index is -0.706. The van der Waals surface area contributed by atoms with Crippen molar-refractivity contribution in [3.63, 3.8) is 0 Å². The van der Waals surface area contributed by atoms with Crippen LogP contribution >= 0.6 is 0 Å². The van der Waals surface area contributed by atoms with Gasteiger partial charge in [0, 0.05) is 28.7 Å². The van der Waals surface area contributed by atoms with Gasteiger partial charge in [0.15, 0.2) is 0 Å². The highest BCUT2D eigenvalue weighted by atomic mass is 32.2. The highest BCUT2D eigenvalue weighted by Crippen LogP contribution is 2.25. The lowest BCUT2D eigenvalue weighted by Crippen LogP contribution is -2.23. The number of rotatable bonds is 7. The largest absolute Gasteiger partial charge is 0.493 e. The van der Waals surface area contributed by atoms with Crippen molar-refractivity contribution in [1.82, 2.24) is 5.32 Å². The molecule has 0 aliphatic carbocycles. The molecule has 1 aliphatic heterocycles. The Balaban J connectivity index is 1.67. The Morgan fingerprint density at radius 3 is 3.05 bits per heavy atom. The standard InChI is InChI=1S/C15H23NO2S/c1-12(19(2)17)5-8-16-9-6-13-3-4-15-14(11-13)7-10-18-15/h3-4,11-12,16H,5-10H2,1-2H3. The van der Waals surface area contributed by atoms with Crippen molar-refractivity contribution in [2.24, 2.45) is 0 Å². The van der Waals surface area contributed by atoms with Gasteiger partial charge in [0.1, 0.15) is 5.75 Å². The summed E-state index contributed by atoms with van der Waals surface area (Å²) in [5, 5.41) is 3.70. The molecular formula is C15H23NO2S. The first-order valence-corrected chi connectivity index (χ1v) is 8.56. The Morgan fingerprint density at radius 1 is 1.42 bits per heavy atom. The molecule has 0 bridgehead atoms. The zero-order valence-electron chi connectivity index (χ0n) is 11.8. The fraction of sp³-hybridized carbons (Fsp3) is 0.600. The van der Waals surface area contributed by atoms with Crippen molar-refractivity contribution < 1.29 is 8.95 Å². The van der Waals surface area contributed by atoms with Gasteiger partial charge in [-0.15, -0.1) is 0 Å². The Labute approximate surface area is 118 Å². The lowest BCUT2D eigenvalue weighted by molar-refractivity contribution is 0.357. The van der Waals surface area contributed by atoms with E-state index >= 15 is 0 Å². The van der Waals surface area contributed by atoms with Crippen LogP contribution in [-0.2, 0) is 23.6 Å².